The molecule has 1 rings (SSSR count). The number of rotatable bonds is 5. The van der Waals surface area contributed by atoms with Gasteiger partial charge in [-0.1, -0.05) is 12.2 Å². The molecule has 5 heteroatoms. The first-order valence-corrected chi connectivity index (χ1v) is 7.09. The van der Waals surface area contributed by atoms with Crippen molar-refractivity contribution >= 4 is 8.80 Å². The molecule has 88 valence electrons. The van der Waals surface area contributed by atoms with Gasteiger partial charge >= 0.3 is 8.80 Å². The van der Waals surface area contributed by atoms with Crippen molar-refractivity contribution < 1.29 is 13.3 Å². The summed E-state index contributed by atoms with van der Waals surface area (Å²) in [4.78, 5) is 2.28. The third kappa shape index (κ3) is 3.39. The van der Waals surface area contributed by atoms with Gasteiger partial charge in [0.25, 0.3) is 0 Å². The minimum atomic E-state index is -2.41. The fourth-order valence-corrected chi connectivity index (χ4v) is 3.83. The third-order valence-electron chi connectivity index (χ3n) is 2.82. The van der Waals surface area contributed by atoms with Crippen LogP contribution in [0.25, 0.3) is 0 Å². The Bertz CT molecular complexity index is 210. The normalized spacial score (nSPS) is 23.3. The van der Waals surface area contributed by atoms with E-state index >= 15 is 0 Å². The van der Waals surface area contributed by atoms with Crippen molar-refractivity contribution in [1.82, 2.24) is 4.90 Å². The Labute approximate surface area is 93.2 Å². The summed E-state index contributed by atoms with van der Waals surface area (Å²) in [5.41, 5.74) is 0. The van der Waals surface area contributed by atoms with E-state index in [0.29, 0.717) is 5.92 Å². The summed E-state index contributed by atoms with van der Waals surface area (Å²) in [5.74, 6) is 0.468. The maximum Gasteiger partial charge on any atom is 0.500 e. The topological polar surface area (TPSA) is 30.9 Å². The lowest BCUT2D eigenvalue weighted by Crippen LogP contribution is -2.46. The average molecular weight is 231 g/mol. The van der Waals surface area contributed by atoms with Gasteiger partial charge in [-0.3, -0.25) is 0 Å². The zero-order valence-electron chi connectivity index (χ0n) is 10.0. The van der Waals surface area contributed by atoms with E-state index in [4.69, 9.17) is 13.3 Å². The first-order chi connectivity index (χ1) is 7.15. The minimum absolute atomic E-state index is 0.468. The molecule has 1 atom stereocenters. The highest BCUT2D eigenvalue weighted by atomic mass is 28.4. The van der Waals surface area contributed by atoms with E-state index in [2.05, 4.69) is 24.1 Å². The molecule has 0 amide bonds. The van der Waals surface area contributed by atoms with Gasteiger partial charge in [0.1, 0.15) is 0 Å². The van der Waals surface area contributed by atoms with Crippen molar-refractivity contribution in [2.45, 2.75) is 6.04 Å². The molecule has 0 bridgehead atoms. The van der Waals surface area contributed by atoms with Crippen LogP contribution in [0, 0.1) is 5.92 Å². The quantitative estimate of drug-likeness (QED) is 0.521. The Morgan fingerprint density at radius 2 is 1.87 bits per heavy atom. The molecule has 1 aliphatic rings. The van der Waals surface area contributed by atoms with Crippen LogP contribution >= 0.6 is 0 Å². The molecule has 0 N–H and O–H groups in total. The van der Waals surface area contributed by atoms with Crippen LogP contribution in [-0.4, -0.2) is 55.2 Å². The van der Waals surface area contributed by atoms with Crippen molar-refractivity contribution in [3.63, 3.8) is 0 Å². The second-order valence-corrected chi connectivity index (χ2v) is 6.91. The molecule has 0 aromatic rings. The van der Waals surface area contributed by atoms with Gasteiger partial charge in [-0.15, -0.1) is 0 Å². The summed E-state index contributed by atoms with van der Waals surface area (Å²) in [6, 6.07) is 0.845. The summed E-state index contributed by atoms with van der Waals surface area (Å²) < 4.78 is 16.2. The molecule has 0 saturated carbocycles. The predicted molar refractivity (Wildman–Crippen MR) is 61.7 cm³/mol. The Balaban J connectivity index is 2.58. The third-order valence-corrected chi connectivity index (χ3v) is 5.71. The Morgan fingerprint density at radius 1 is 1.27 bits per heavy atom. The summed E-state index contributed by atoms with van der Waals surface area (Å²) in [6.45, 7) is 2.07. The van der Waals surface area contributed by atoms with E-state index in [9.17, 15) is 0 Å². The first kappa shape index (κ1) is 12.9. The van der Waals surface area contributed by atoms with Crippen LogP contribution in [0.1, 0.15) is 0 Å². The summed E-state index contributed by atoms with van der Waals surface area (Å²) in [5, 5.41) is 0. The fourth-order valence-electron chi connectivity index (χ4n) is 1.92. The monoisotopic (exact) mass is 231 g/mol. The van der Waals surface area contributed by atoms with Crippen LogP contribution < -0.4 is 0 Å². The maximum absolute atomic E-state index is 5.42. The molecule has 0 saturated heterocycles. The van der Waals surface area contributed by atoms with Gasteiger partial charge in [0, 0.05) is 40.5 Å². The molecule has 0 fully saturated rings. The standard InChI is InChI=1S/C10H21NO3Si/c1-11-7-5-6-10(8-11)9-15(12-2,13-3)14-4/h5-6,10H,7-9H2,1-4H3. The highest BCUT2D eigenvalue weighted by Crippen LogP contribution is 2.22. The molecule has 0 aromatic carbocycles. The Hall–Kier alpha value is -0.203. The van der Waals surface area contributed by atoms with Crippen LogP contribution in [0.15, 0.2) is 12.2 Å². The SMILES string of the molecule is CO[Si](CC1C=CCN(C)C1)(OC)OC. The van der Waals surface area contributed by atoms with E-state index < -0.39 is 8.80 Å². The molecule has 0 radical (unpaired) electrons. The summed E-state index contributed by atoms with van der Waals surface area (Å²) in [7, 11) is 4.69. The lowest BCUT2D eigenvalue weighted by atomic mass is 10.1. The smallest absolute Gasteiger partial charge is 0.377 e. The Kier molecular flexibility index (Phi) is 4.94. The van der Waals surface area contributed by atoms with E-state index in [1.54, 1.807) is 21.3 Å². The van der Waals surface area contributed by atoms with E-state index in [-0.39, 0.29) is 0 Å². The van der Waals surface area contributed by atoms with E-state index in [1.165, 1.54) is 0 Å². The largest absolute Gasteiger partial charge is 0.500 e. The first-order valence-electron chi connectivity index (χ1n) is 5.16. The van der Waals surface area contributed by atoms with Gasteiger partial charge in [-0.2, -0.15) is 0 Å². The van der Waals surface area contributed by atoms with Gasteiger partial charge < -0.3 is 18.2 Å². The number of hydrogen-bond acceptors (Lipinski definition) is 4. The lowest BCUT2D eigenvalue weighted by Gasteiger charge is -2.31. The van der Waals surface area contributed by atoms with Crippen molar-refractivity contribution in [3.8, 4) is 0 Å². The van der Waals surface area contributed by atoms with Crippen LogP contribution in [-0.2, 0) is 13.3 Å². The summed E-state index contributed by atoms with van der Waals surface area (Å²) in [6.07, 6.45) is 4.42. The lowest BCUT2D eigenvalue weighted by molar-refractivity contribution is 0.117. The van der Waals surface area contributed by atoms with Crippen molar-refractivity contribution in [3.05, 3.63) is 12.2 Å². The van der Waals surface area contributed by atoms with Gasteiger partial charge in [0.2, 0.25) is 0 Å². The number of nitrogens with zero attached hydrogens (tertiary/aromatic N) is 1. The van der Waals surface area contributed by atoms with Crippen LogP contribution in [0.3, 0.4) is 0 Å². The van der Waals surface area contributed by atoms with E-state index in [0.717, 1.165) is 19.1 Å². The molecule has 15 heavy (non-hydrogen) atoms. The molecule has 0 spiro atoms. The highest BCUT2D eigenvalue weighted by molar-refractivity contribution is 6.60. The molecule has 0 aliphatic carbocycles. The summed E-state index contributed by atoms with van der Waals surface area (Å²) >= 11 is 0. The fraction of sp³-hybridized carbons (Fsp3) is 0.800. The van der Waals surface area contributed by atoms with Gasteiger partial charge in [-0.05, 0) is 13.0 Å². The van der Waals surface area contributed by atoms with Crippen LogP contribution in [0.4, 0.5) is 0 Å². The zero-order valence-corrected chi connectivity index (χ0v) is 11.0. The molecular formula is C10H21NO3Si. The van der Waals surface area contributed by atoms with Crippen LogP contribution in [0.5, 0.6) is 0 Å². The average Bonchev–Trinajstić information content (AvgIpc) is 2.26. The molecule has 1 unspecified atom stereocenters. The van der Waals surface area contributed by atoms with Crippen LogP contribution in [0.2, 0.25) is 6.04 Å². The van der Waals surface area contributed by atoms with Gasteiger partial charge in [0.05, 0.1) is 0 Å². The molecule has 4 nitrogen and oxygen atoms in total. The minimum Gasteiger partial charge on any atom is -0.377 e. The zero-order chi connectivity index (χ0) is 11.3. The second-order valence-electron chi connectivity index (χ2n) is 3.91. The van der Waals surface area contributed by atoms with Crippen molar-refractivity contribution in [2.75, 3.05) is 41.5 Å². The Morgan fingerprint density at radius 3 is 2.33 bits per heavy atom. The molecule has 1 heterocycles. The molecule has 0 aromatic heterocycles. The maximum atomic E-state index is 5.42. The molecular weight excluding hydrogens is 210 g/mol. The predicted octanol–water partition coefficient (Wildman–Crippen LogP) is 0.982. The van der Waals surface area contributed by atoms with Crippen molar-refractivity contribution in [1.29, 1.82) is 0 Å². The second kappa shape index (κ2) is 5.76. The van der Waals surface area contributed by atoms with Crippen molar-refractivity contribution in [2.24, 2.45) is 5.92 Å². The highest BCUT2D eigenvalue weighted by Gasteiger charge is 2.40. The van der Waals surface area contributed by atoms with E-state index in [1.807, 2.05) is 0 Å². The molecule has 1 aliphatic heterocycles. The van der Waals surface area contributed by atoms with Gasteiger partial charge in [-0.25, -0.2) is 0 Å². The number of likely N-dealkylation sites (N-methyl/N-ethyl adjacent to an activating group) is 1. The number of hydrogen-bond donors (Lipinski definition) is 0. The van der Waals surface area contributed by atoms with Gasteiger partial charge in [0.15, 0.2) is 0 Å².